The minimum Gasteiger partial charge on any atom is -0.480 e. The number of rotatable bonds is 16. The predicted octanol–water partition coefficient (Wildman–Crippen LogP) is 0.268. The Morgan fingerprint density at radius 2 is 1.31 bits per heavy atom. The third-order valence-corrected chi connectivity index (χ3v) is 3.82. The second-order valence-corrected chi connectivity index (χ2v) is 6.07. The maximum Gasteiger partial charge on any atom is 0.320 e. The van der Waals surface area contributed by atoms with Crippen LogP contribution < -0.4 is 0 Å². The highest BCUT2D eigenvalue weighted by Crippen LogP contribution is 2.12. The molecule has 0 heterocycles. The molecule has 0 saturated heterocycles. The fraction of sp³-hybridized carbons (Fsp3) is 0.750. The molecule has 26 heavy (non-hydrogen) atoms. The molecule has 0 aromatic heterocycles. The van der Waals surface area contributed by atoms with Crippen molar-refractivity contribution in [1.29, 1.82) is 0 Å². The summed E-state index contributed by atoms with van der Waals surface area (Å²) in [4.78, 5) is 46.6. The molecule has 10 heteroatoms. The fourth-order valence-corrected chi connectivity index (χ4v) is 2.61. The van der Waals surface area contributed by atoms with Gasteiger partial charge in [-0.15, -0.1) is 0 Å². The van der Waals surface area contributed by atoms with Gasteiger partial charge in [-0.25, -0.2) is 0 Å². The van der Waals surface area contributed by atoms with Crippen LogP contribution in [-0.4, -0.2) is 92.9 Å². The maximum atomic E-state index is 11.5. The summed E-state index contributed by atoms with van der Waals surface area (Å²) in [6, 6.07) is -1.01. The zero-order valence-electron chi connectivity index (χ0n) is 15.0. The van der Waals surface area contributed by atoms with Crippen LogP contribution in [0.3, 0.4) is 0 Å². The summed E-state index contributed by atoms with van der Waals surface area (Å²) in [7, 11) is 0. The van der Waals surface area contributed by atoms with Gasteiger partial charge in [-0.1, -0.05) is 32.6 Å². The number of carboxylic acid groups (broad SMARTS) is 4. The third-order valence-electron chi connectivity index (χ3n) is 3.82. The molecule has 150 valence electrons. The summed E-state index contributed by atoms with van der Waals surface area (Å²) in [5.74, 6) is -4.78. The molecule has 1 atom stereocenters. The summed E-state index contributed by atoms with van der Waals surface area (Å²) < 4.78 is 0. The van der Waals surface area contributed by atoms with E-state index in [1.165, 1.54) is 4.90 Å². The Morgan fingerprint density at radius 1 is 0.769 bits per heavy atom. The van der Waals surface area contributed by atoms with Crippen molar-refractivity contribution in [3.63, 3.8) is 0 Å². The van der Waals surface area contributed by atoms with Gasteiger partial charge in [0.25, 0.3) is 0 Å². The van der Waals surface area contributed by atoms with E-state index in [0.29, 0.717) is 6.42 Å². The molecule has 0 aliphatic carbocycles. The molecule has 4 N–H and O–H groups in total. The first kappa shape index (κ1) is 23.8. The quantitative estimate of drug-likeness (QED) is 0.276. The van der Waals surface area contributed by atoms with Crippen molar-refractivity contribution in [2.45, 2.75) is 45.1 Å². The molecule has 0 aliphatic rings. The normalized spacial score (nSPS) is 12.3. The number of carbonyl (C=O) groups is 4. The number of hydrogen-bond donors (Lipinski definition) is 4. The van der Waals surface area contributed by atoms with E-state index in [1.54, 1.807) is 0 Å². The highest BCUT2D eigenvalue weighted by atomic mass is 16.4. The molecule has 10 nitrogen and oxygen atoms in total. The van der Waals surface area contributed by atoms with Gasteiger partial charge in [0.2, 0.25) is 0 Å². The van der Waals surface area contributed by atoms with Gasteiger partial charge in [0.1, 0.15) is 6.04 Å². The fourth-order valence-electron chi connectivity index (χ4n) is 2.61. The lowest BCUT2D eigenvalue weighted by atomic mass is 10.1. The van der Waals surface area contributed by atoms with Crippen LogP contribution in [-0.2, 0) is 19.2 Å². The Kier molecular flexibility index (Phi) is 12.0. The molecule has 0 rings (SSSR count). The molecule has 0 bridgehead atoms. The molecule has 0 aromatic carbocycles. The molecule has 0 spiro atoms. The van der Waals surface area contributed by atoms with Gasteiger partial charge in [-0.05, 0) is 6.42 Å². The van der Waals surface area contributed by atoms with Crippen LogP contribution in [0.15, 0.2) is 0 Å². The van der Waals surface area contributed by atoms with Crippen molar-refractivity contribution in [2.24, 2.45) is 0 Å². The van der Waals surface area contributed by atoms with E-state index in [1.807, 2.05) is 6.92 Å². The Labute approximate surface area is 152 Å². The second-order valence-electron chi connectivity index (χ2n) is 6.07. The van der Waals surface area contributed by atoms with Gasteiger partial charge in [0.05, 0.1) is 19.6 Å². The number of nitrogens with zero attached hydrogens (tertiary/aromatic N) is 2. The van der Waals surface area contributed by atoms with Crippen LogP contribution in [0.25, 0.3) is 0 Å². The van der Waals surface area contributed by atoms with Gasteiger partial charge in [-0.3, -0.25) is 29.0 Å². The first-order chi connectivity index (χ1) is 12.2. The Bertz CT molecular complexity index is 467. The zero-order chi connectivity index (χ0) is 20.1. The van der Waals surface area contributed by atoms with E-state index in [9.17, 15) is 24.3 Å². The summed E-state index contributed by atoms with van der Waals surface area (Å²) in [5.41, 5.74) is 0. The maximum absolute atomic E-state index is 11.5. The molecule has 0 aliphatic heterocycles. The molecule has 0 radical (unpaired) electrons. The summed E-state index contributed by atoms with van der Waals surface area (Å²) in [6.45, 7) is 0.328. The monoisotopic (exact) mass is 376 g/mol. The minimum absolute atomic E-state index is 0.0579. The highest BCUT2D eigenvalue weighted by Gasteiger charge is 2.27. The van der Waals surface area contributed by atoms with E-state index in [0.717, 1.165) is 24.2 Å². The summed E-state index contributed by atoms with van der Waals surface area (Å²) in [6.07, 6.45) is 3.69. The average Bonchev–Trinajstić information content (AvgIpc) is 2.49. The van der Waals surface area contributed by atoms with Crippen LogP contribution in [0.2, 0.25) is 0 Å². The Morgan fingerprint density at radius 3 is 1.73 bits per heavy atom. The van der Waals surface area contributed by atoms with Gasteiger partial charge in [-0.2, -0.15) is 0 Å². The Balaban J connectivity index is 4.99. The minimum atomic E-state index is -1.22. The van der Waals surface area contributed by atoms with Crippen LogP contribution in [0.4, 0.5) is 0 Å². The molecular formula is C16H28N2O8. The first-order valence-corrected chi connectivity index (χ1v) is 8.51. The molecule has 0 saturated carbocycles. The van der Waals surface area contributed by atoms with Crippen molar-refractivity contribution in [3.05, 3.63) is 0 Å². The van der Waals surface area contributed by atoms with E-state index < -0.39 is 49.6 Å². The number of hydrogen-bond acceptors (Lipinski definition) is 6. The van der Waals surface area contributed by atoms with Gasteiger partial charge >= 0.3 is 23.9 Å². The van der Waals surface area contributed by atoms with Crippen molar-refractivity contribution in [2.75, 3.05) is 32.7 Å². The van der Waals surface area contributed by atoms with Crippen LogP contribution in [0.5, 0.6) is 0 Å². The molecule has 1 unspecified atom stereocenters. The van der Waals surface area contributed by atoms with E-state index in [2.05, 4.69) is 0 Å². The SMILES string of the molecule is CCCCCCC(C(=O)O)N(CCN(CC(=O)O)CC(=O)O)CC(=O)O. The molecular weight excluding hydrogens is 348 g/mol. The Hall–Kier alpha value is -2.20. The highest BCUT2D eigenvalue weighted by molar-refractivity contribution is 5.75. The molecule has 0 fully saturated rings. The number of unbranched alkanes of at least 4 members (excludes halogenated alkanes) is 3. The van der Waals surface area contributed by atoms with E-state index >= 15 is 0 Å². The second kappa shape index (κ2) is 13.1. The van der Waals surface area contributed by atoms with Gasteiger partial charge < -0.3 is 20.4 Å². The zero-order valence-corrected chi connectivity index (χ0v) is 15.0. The van der Waals surface area contributed by atoms with E-state index in [4.69, 9.17) is 15.3 Å². The number of aliphatic carboxylic acids is 4. The lowest BCUT2D eigenvalue weighted by Gasteiger charge is -2.29. The van der Waals surface area contributed by atoms with Crippen LogP contribution >= 0.6 is 0 Å². The van der Waals surface area contributed by atoms with Crippen LogP contribution in [0, 0.1) is 0 Å². The van der Waals surface area contributed by atoms with Gasteiger partial charge in [0, 0.05) is 13.1 Å². The van der Waals surface area contributed by atoms with Crippen molar-refractivity contribution >= 4 is 23.9 Å². The third kappa shape index (κ3) is 11.4. The lowest BCUT2D eigenvalue weighted by molar-refractivity contribution is -0.148. The van der Waals surface area contributed by atoms with Crippen molar-refractivity contribution in [1.82, 2.24) is 9.80 Å². The smallest absolute Gasteiger partial charge is 0.320 e. The first-order valence-electron chi connectivity index (χ1n) is 8.51. The topological polar surface area (TPSA) is 156 Å². The standard InChI is InChI=1S/C16H28N2O8/c1-2-3-4-5-6-12(16(25)26)18(11-15(23)24)8-7-17(9-13(19)20)10-14(21)22/h12H,2-11H2,1H3,(H,19,20)(H,21,22)(H,23,24)(H,25,26). The molecule has 0 aromatic rings. The summed E-state index contributed by atoms with van der Waals surface area (Å²) in [5, 5.41) is 36.1. The average molecular weight is 376 g/mol. The van der Waals surface area contributed by atoms with Gasteiger partial charge in [0.15, 0.2) is 0 Å². The number of carboxylic acids is 4. The largest absolute Gasteiger partial charge is 0.480 e. The van der Waals surface area contributed by atoms with Crippen LogP contribution in [0.1, 0.15) is 39.0 Å². The molecule has 0 amide bonds. The van der Waals surface area contributed by atoms with Crippen molar-refractivity contribution < 1.29 is 39.6 Å². The predicted molar refractivity (Wildman–Crippen MR) is 91.1 cm³/mol. The van der Waals surface area contributed by atoms with E-state index in [-0.39, 0.29) is 19.5 Å². The van der Waals surface area contributed by atoms with Crippen molar-refractivity contribution in [3.8, 4) is 0 Å². The lowest BCUT2D eigenvalue weighted by Crippen LogP contribution is -2.48. The summed E-state index contributed by atoms with van der Waals surface area (Å²) >= 11 is 0.